The minimum Gasteiger partial charge on any atom is -0.481 e. The highest BCUT2D eigenvalue weighted by atomic mass is 16.4. The molecular weight excluding hydrogens is 234 g/mol. The van der Waals surface area contributed by atoms with Gasteiger partial charge in [0.15, 0.2) is 0 Å². The van der Waals surface area contributed by atoms with Crippen LogP contribution in [0, 0.1) is 0 Å². The van der Waals surface area contributed by atoms with Crippen molar-refractivity contribution in [1.82, 2.24) is 15.1 Å². The lowest BCUT2D eigenvalue weighted by Crippen LogP contribution is -2.25. The molecule has 0 saturated carbocycles. The molecule has 1 aromatic rings. The van der Waals surface area contributed by atoms with Crippen molar-refractivity contribution in [1.29, 1.82) is 0 Å². The average molecular weight is 253 g/mol. The number of hydrogen-bond acceptors (Lipinski definition) is 3. The molecule has 0 atom stereocenters. The van der Waals surface area contributed by atoms with Crippen molar-refractivity contribution in [2.45, 2.75) is 39.2 Å². The summed E-state index contributed by atoms with van der Waals surface area (Å²) in [6, 6.07) is 1.90. The quantitative estimate of drug-likeness (QED) is 0.720. The number of carboxylic acids is 1. The van der Waals surface area contributed by atoms with Crippen molar-refractivity contribution >= 4 is 11.9 Å². The Morgan fingerprint density at radius 3 is 2.72 bits per heavy atom. The van der Waals surface area contributed by atoms with Crippen LogP contribution >= 0.6 is 0 Å². The third-order valence-electron chi connectivity index (χ3n) is 2.47. The van der Waals surface area contributed by atoms with Gasteiger partial charge in [-0.1, -0.05) is 0 Å². The van der Waals surface area contributed by atoms with Gasteiger partial charge in [0.2, 0.25) is 0 Å². The molecule has 0 bridgehead atoms. The van der Waals surface area contributed by atoms with E-state index in [0.717, 1.165) is 0 Å². The van der Waals surface area contributed by atoms with Crippen molar-refractivity contribution in [3.63, 3.8) is 0 Å². The SMILES string of the molecule is CC(C)n1ccc(C(=O)NCCCCC(=O)O)n1. The summed E-state index contributed by atoms with van der Waals surface area (Å²) in [7, 11) is 0. The van der Waals surface area contributed by atoms with E-state index >= 15 is 0 Å². The van der Waals surface area contributed by atoms with Crippen molar-refractivity contribution in [3.8, 4) is 0 Å². The summed E-state index contributed by atoms with van der Waals surface area (Å²) in [5.41, 5.74) is 0.391. The fraction of sp³-hybridized carbons (Fsp3) is 0.583. The number of amides is 1. The molecule has 0 aliphatic rings. The molecule has 0 unspecified atom stereocenters. The van der Waals surface area contributed by atoms with Crippen LogP contribution in [0.5, 0.6) is 0 Å². The lowest BCUT2D eigenvalue weighted by Gasteiger charge is -2.04. The van der Waals surface area contributed by atoms with Crippen LogP contribution in [-0.2, 0) is 4.79 Å². The highest BCUT2D eigenvalue weighted by molar-refractivity contribution is 5.92. The highest BCUT2D eigenvalue weighted by Crippen LogP contribution is 2.04. The summed E-state index contributed by atoms with van der Waals surface area (Å²) in [6.45, 7) is 4.45. The van der Waals surface area contributed by atoms with Gasteiger partial charge in [-0.05, 0) is 32.8 Å². The van der Waals surface area contributed by atoms with Gasteiger partial charge in [0.25, 0.3) is 5.91 Å². The summed E-state index contributed by atoms with van der Waals surface area (Å²) in [5, 5.41) is 15.3. The lowest BCUT2D eigenvalue weighted by molar-refractivity contribution is -0.137. The van der Waals surface area contributed by atoms with E-state index < -0.39 is 5.97 Å². The predicted molar refractivity (Wildman–Crippen MR) is 66.4 cm³/mol. The monoisotopic (exact) mass is 253 g/mol. The molecule has 0 saturated heterocycles. The molecule has 1 aromatic heterocycles. The van der Waals surface area contributed by atoms with Gasteiger partial charge in [0.05, 0.1) is 0 Å². The Balaban J connectivity index is 2.29. The first-order chi connectivity index (χ1) is 8.50. The molecule has 0 fully saturated rings. The standard InChI is InChI=1S/C12H19N3O3/c1-9(2)15-8-6-10(14-15)12(18)13-7-4-3-5-11(16)17/h6,8-9H,3-5,7H2,1-2H3,(H,13,18)(H,16,17). The molecule has 18 heavy (non-hydrogen) atoms. The van der Waals surface area contributed by atoms with E-state index in [9.17, 15) is 9.59 Å². The van der Waals surface area contributed by atoms with Crippen LogP contribution in [-0.4, -0.2) is 33.3 Å². The van der Waals surface area contributed by atoms with E-state index in [1.54, 1.807) is 16.9 Å². The smallest absolute Gasteiger partial charge is 0.303 e. The Kier molecular flexibility index (Phi) is 5.35. The number of rotatable bonds is 7. The molecule has 100 valence electrons. The van der Waals surface area contributed by atoms with Crippen LogP contribution in [0.1, 0.15) is 49.6 Å². The molecule has 2 N–H and O–H groups in total. The minimum absolute atomic E-state index is 0.137. The summed E-state index contributed by atoms with van der Waals surface area (Å²) < 4.78 is 1.72. The number of carbonyl (C=O) groups is 2. The van der Waals surface area contributed by atoms with E-state index in [4.69, 9.17) is 5.11 Å². The summed E-state index contributed by atoms with van der Waals surface area (Å²) in [4.78, 5) is 22.0. The second-order valence-electron chi connectivity index (χ2n) is 4.38. The van der Waals surface area contributed by atoms with Crippen LogP contribution in [0.2, 0.25) is 0 Å². The molecule has 0 aliphatic heterocycles. The number of aromatic nitrogens is 2. The van der Waals surface area contributed by atoms with Gasteiger partial charge in [-0.25, -0.2) is 0 Å². The van der Waals surface area contributed by atoms with Gasteiger partial charge in [-0.15, -0.1) is 0 Å². The van der Waals surface area contributed by atoms with Crippen LogP contribution in [0.25, 0.3) is 0 Å². The first-order valence-electron chi connectivity index (χ1n) is 6.06. The van der Waals surface area contributed by atoms with Crippen molar-refractivity contribution < 1.29 is 14.7 Å². The molecular formula is C12H19N3O3. The average Bonchev–Trinajstić information content (AvgIpc) is 2.77. The minimum atomic E-state index is -0.808. The topological polar surface area (TPSA) is 84.2 Å². The summed E-state index contributed by atoms with van der Waals surface area (Å²) >= 11 is 0. The molecule has 0 spiro atoms. The van der Waals surface area contributed by atoms with E-state index in [2.05, 4.69) is 10.4 Å². The number of aliphatic carboxylic acids is 1. The maximum absolute atomic E-state index is 11.7. The normalized spacial score (nSPS) is 10.6. The number of nitrogens with zero attached hydrogens (tertiary/aromatic N) is 2. The number of unbranched alkanes of at least 4 members (excludes halogenated alkanes) is 1. The second-order valence-corrected chi connectivity index (χ2v) is 4.38. The molecule has 6 heteroatoms. The van der Waals surface area contributed by atoms with Gasteiger partial charge in [-0.3, -0.25) is 14.3 Å². The Morgan fingerprint density at radius 1 is 1.44 bits per heavy atom. The fourth-order valence-electron chi connectivity index (χ4n) is 1.44. The van der Waals surface area contributed by atoms with Crippen molar-refractivity contribution in [3.05, 3.63) is 18.0 Å². The molecule has 0 radical (unpaired) electrons. The Morgan fingerprint density at radius 2 is 2.17 bits per heavy atom. The Labute approximate surface area is 106 Å². The molecule has 1 amide bonds. The van der Waals surface area contributed by atoms with Gasteiger partial charge >= 0.3 is 5.97 Å². The van der Waals surface area contributed by atoms with Gasteiger partial charge < -0.3 is 10.4 Å². The first kappa shape index (κ1) is 14.2. The maximum Gasteiger partial charge on any atom is 0.303 e. The van der Waals surface area contributed by atoms with Gasteiger partial charge in [-0.2, -0.15) is 5.10 Å². The molecule has 0 aromatic carbocycles. The van der Waals surface area contributed by atoms with Crippen molar-refractivity contribution in [2.75, 3.05) is 6.54 Å². The van der Waals surface area contributed by atoms with Crippen LogP contribution in [0.3, 0.4) is 0 Å². The van der Waals surface area contributed by atoms with Gasteiger partial charge in [0.1, 0.15) is 5.69 Å². The van der Waals surface area contributed by atoms with E-state index in [-0.39, 0.29) is 18.4 Å². The van der Waals surface area contributed by atoms with E-state index in [0.29, 0.717) is 25.1 Å². The molecule has 1 heterocycles. The van der Waals surface area contributed by atoms with Crippen LogP contribution in [0.4, 0.5) is 0 Å². The number of hydrogen-bond donors (Lipinski definition) is 2. The number of carbonyl (C=O) groups excluding carboxylic acids is 1. The summed E-state index contributed by atoms with van der Waals surface area (Å²) in [5.74, 6) is -1.03. The Hall–Kier alpha value is -1.85. The maximum atomic E-state index is 11.7. The Bertz CT molecular complexity index is 412. The third kappa shape index (κ3) is 4.57. The van der Waals surface area contributed by atoms with Crippen LogP contribution in [0.15, 0.2) is 12.3 Å². The zero-order chi connectivity index (χ0) is 13.5. The molecule has 0 aliphatic carbocycles. The zero-order valence-electron chi connectivity index (χ0n) is 10.7. The first-order valence-corrected chi connectivity index (χ1v) is 6.06. The molecule has 1 rings (SSSR count). The van der Waals surface area contributed by atoms with E-state index in [1.165, 1.54) is 0 Å². The van der Waals surface area contributed by atoms with Gasteiger partial charge in [0, 0.05) is 25.2 Å². The number of carboxylic acid groups (broad SMARTS) is 1. The number of nitrogens with one attached hydrogen (secondary N) is 1. The lowest BCUT2D eigenvalue weighted by atomic mass is 10.2. The largest absolute Gasteiger partial charge is 0.481 e. The fourth-order valence-corrected chi connectivity index (χ4v) is 1.44. The van der Waals surface area contributed by atoms with E-state index in [1.807, 2.05) is 13.8 Å². The second kappa shape index (κ2) is 6.78. The predicted octanol–water partition coefficient (Wildman–Crippen LogP) is 1.45. The zero-order valence-corrected chi connectivity index (χ0v) is 10.7. The van der Waals surface area contributed by atoms with Crippen LogP contribution < -0.4 is 5.32 Å². The summed E-state index contributed by atoms with van der Waals surface area (Å²) in [6.07, 6.45) is 3.13. The highest BCUT2D eigenvalue weighted by Gasteiger charge is 2.09. The third-order valence-corrected chi connectivity index (χ3v) is 2.47. The molecule has 6 nitrogen and oxygen atoms in total. The van der Waals surface area contributed by atoms with Crippen molar-refractivity contribution in [2.24, 2.45) is 0 Å².